The molecule has 2 aromatic rings. The number of nitrogens with one attached hydrogen (secondary N) is 1. The number of benzene rings is 2. The summed E-state index contributed by atoms with van der Waals surface area (Å²) >= 11 is 0. The molecule has 122 valence electrons. The highest BCUT2D eigenvalue weighted by molar-refractivity contribution is 5.87. The summed E-state index contributed by atoms with van der Waals surface area (Å²) in [5.41, 5.74) is 4.00. The molecule has 0 atom stereocenters. The summed E-state index contributed by atoms with van der Waals surface area (Å²) in [6.07, 6.45) is 1.05. The largest absolute Gasteiger partial charge is 0.478 e. The number of hydrogen-bond donors (Lipinski definition) is 2. The van der Waals surface area contributed by atoms with E-state index in [0.717, 1.165) is 18.5 Å². The summed E-state index contributed by atoms with van der Waals surface area (Å²) < 4.78 is 0. The van der Waals surface area contributed by atoms with Gasteiger partial charge in [-0.05, 0) is 35.2 Å². The van der Waals surface area contributed by atoms with Crippen molar-refractivity contribution in [1.29, 1.82) is 0 Å². The number of hydrogen-bond acceptors (Lipinski definition) is 2. The maximum Gasteiger partial charge on any atom is 0.335 e. The zero-order valence-corrected chi connectivity index (χ0v) is 14.1. The number of aromatic carboxylic acids is 1. The van der Waals surface area contributed by atoms with Crippen LogP contribution in [0.15, 0.2) is 48.5 Å². The van der Waals surface area contributed by atoms with E-state index >= 15 is 0 Å². The van der Waals surface area contributed by atoms with Crippen LogP contribution in [0.2, 0.25) is 0 Å². The first kappa shape index (κ1) is 17.2. The van der Waals surface area contributed by atoms with Gasteiger partial charge >= 0.3 is 5.97 Å². The molecule has 3 nitrogen and oxygen atoms in total. The van der Waals surface area contributed by atoms with Crippen LogP contribution in [0.4, 0.5) is 0 Å². The molecule has 2 N–H and O–H groups in total. The topological polar surface area (TPSA) is 49.3 Å². The van der Waals surface area contributed by atoms with Gasteiger partial charge < -0.3 is 10.4 Å². The highest BCUT2D eigenvalue weighted by Crippen LogP contribution is 2.23. The minimum Gasteiger partial charge on any atom is -0.478 e. The monoisotopic (exact) mass is 311 g/mol. The van der Waals surface area contributed by atoms with Crippen molar-refractivity contribution in [2.24, 2.45) is 0 Å². The Balaban J connectivity index is 1.96. The molecule has 0 aliphatic heterocycles. The lowest BCUT2D eigenvalue weighted by Gasteiger charge is -2.26. The quantitative estimate of drug-likeness (QED) is 0.812. The van der Waals surface area contributed by atoms with Gasteiger partial charge in [0.15, 0.2) is 0 Å². The van der Waals surface area contributed by atoms with Crippen LogP contribution in [0.5, 0.6) is 0 Å². The van der Waals surface area contributed by atoms with Crippen LogP contribution in [-0.2, 0) is 18.4 Å². The zero-order valence-electron chi connectivity index (χ0n) is 14.1. The van der Waals surface area contributed by atoms with Gasteiger partial charge in [-0.1, -0.05) is 57.2 Å². The van der Waals surface area contributed by atoms with Crippen LogP contribution < -0.4 is 5.32 Å². The van der Waals surface area contributed by atoms with Crippen molar-refractivity contribution in [2.45, 2.75) is 39.2 Å². The second-order valence-corrected chi connectivity index (χ2v) is 6.54. The third-order valence-electron chi connectivity index (χ3n) is 4.21. The van der Waals surface area contributed by atoms with Crippen LogP contribution in [0, 0.1) is 0 Å². The first-order valence-corrected chi connectivity index (χ1v) is 8.05. The summed E-state index contributed by atoms with van der Waals surface area (Å²) in [7, 11) is 0. The summed E-state index contributed by atoms with van der Waals surface area (Å²) in [6, 6.07) is 15.8. The molecule has 2 aromatic carbocycles. The molecule has 0 saturated carbocycles. The Morgan fingerprint density at radius 1 is 1.09 bits per heavy atom. The minimum absolute atomic E-state index is 0.0245. The van der Waals surface area contributed by atoms with Crippen molar-refractivity contribution in [1.82, 2.24) is 5.32 Å². The number of carbonyl (C=O) groups is 1. The number of aryl methyl sites for hydroxylation is 1. The predicted molar refractivity (Wildman–Crippen MR) is 94.0 cm³/mol. The lowest BCUT2D eigenvalue weighted by atomic mass is 9.84. The second kappa shape index (κ2) is 7.42. The van der Waals surface area contributed by atoms with Crippen LogP contribution in [-0.4, -0.2) is 17.6 Å². The molecule has 0 unspecified atom stereocenters. The molecular formula is C20H25NO2. The first-order valence-electron chi connectivity index (χ1n) is 8.05. The van der Waals surface area contributed by atoms with E-state index in [0.29, 0.717) is 12.1 Å². The average Bonchev–Trinajstić information content (AvgIpc) is 2.55. The van der Waals surface area contributed by atoms with Gasteiger partial charge in [-0.15, -0.1) is 0 Å². The van der Waals surface area contributed by atoms with E-state index in [-0.39, 0.29) is 5.41 Å². The highest BCUT2D eigenvalue weighted by atomic mass is 16.4. The van der Waals surface area contributed by atoms with Gasteiger partial charge in [0, 0.05) is 18.5 Å². The smallest absolute Gasteiger partial charge is 0.335 e. The molecule has 3 heteroatoms. The van der Waals surface area contributed by atoms with E-state index in [4.69, 9.17) is 5.11 Å². The maximum atomic E-state index is 11.0. The molecule has 0 aliphatic rings. The molecule has 0 spiro atoms. The van der Waals surface area contributed by atoms with Crippen molar-refractivity contribution >= 4 is 5.97 Å². The van der Waals surface area contributed by atoms with E-state index in [9.17, 15) is 4.79 Å². The third-order valence-corrected chi connectivity index (χ3v) is 4.21. The Labute approximate surface area is 138 Å². The van der Waals surface area contributed by atoms with E-state index in [1.165, 1.54) is 11.1 Å². The molecule has 0 amide bonds. The SMILES string of the molecule is CCc1ccc(C(C)(C)CNCc2cccc(C(=O)O)c2)cc1. The molecule has 2 rings (SSSR count). The standard InChI is InChI=1S/C20H25NO2/c1-4-15-8-10-18(11-9-15)20(2,3)14-21-13-16-6-5-7-17(12-16)19(22)23/h5-12,21H,4,13-14H2,1-3H3,(H,22,23). The third kappa shape index (κ3) is 4.67. The van der Waals surface area contributed by atoms with Crippen LogP contribution >= 0.6 is 0 Å². The number of carboxylic acids is 1. The van der Waals surface area contributed by atoms with E-state index in [1.807, 2.05) is 6.07 Å². The average molecular weight is 311 g/mol. The fourth-order valence-corrected chi connectivity index (χ4v) is 2.63. The van der Waals surface area contributed by atoms with Gasteiger partial charge in [0.05, 0.1) is 5.56 Å². The van der Waals surface area contributed by atoms with Crippen molar-refractivity contribution in [3.05, 3.63) is 70.8 Å². The molecule has 0 aromatic heterocycles. The van der Waals surface area contributed by atoms with Crippen molar-refractivity contribution in [2.75, 3.05) is 6.54 Å². The van der Waals surface area contributed by atoms with Gasteiger partial charge in [-0.3, -0.25) is 0 Å². The molecule has 0 aliphatic carbocycles. The Hall–Kier alpha value is -2.13. The van der Waals surface area contributed by atoms with Crippen LogP contribution in [0.1, 0.15) is 47.8 Å². The van der Waals surface area contributed by atoms with Crippen molar-refractivity contribution in [3.8, 4) is 0 Å². The fraction of sp³-hybridized carbons (Fsp3) is 0.350. The summed E-state index contributed by atoms with van der Waals surface area (Å²) in [4.78, 5) is 11.0. The molecule has 0 heterocycles. The first-order chi connectivity index (χ1) is 10.9. The summed E-state index contributed by atoms with van der Waals surface area (Å²) in [5, 5.41) is 12.5. The number of carboxylic acid groups (broad SMARTS) is 1. The molecule has 0 saturated heterocycles. The summed E-state index contributed by atoms with van der Waals surface area (Å²) in [6.45, 7) is 8.09. The lowest BCUT2D eigenvalue weighted by Crippen LogP contribution is -2.32. The Kier molecular flexibility index (Phi) is 5.56. The fourth-order valence-electron chi connectivity index (χ4n) is 2.63. The second-order valence-electron chi connectivity index (χ2n) is 6.54. The maximum absolute atomic E-state index is 11.0. The Morgan fingerprint density at radius 2 is 1.78 bits per heavy atom. The highest BCUT2D eigenvalue weighted by Gasteiger charge is 2.19. The Bertz CT molecular complexity index is 660. The van der Waals surface area contributed by atoms with Crippen molar-refractivity contribution < 1.29 is 9.90 Å². The molecule has 0 bridgehead atoms. The lowest BCUT2D eigenvalue weighted by molar-refractivity contribution is 0.0696. The summed E-state index contributed by atoms with van der Waals surface area (Å²) in [5.74, 6) is -0.886. The minimum atomic E-state index is -0.886. The molecular weight excluding hydrogens is 286 g/mol. The van der Waals surface area contributed by atoms with Gasteiger partial charge in [0.1, 0.15) is 0 Å². The zero-order chi connectivity index (χ0) is 16.9. The Morgan fingerprint density at radius 3 is 2.39 bits per heavy atom. The van der Waals surface area contributed by atoms with Gasteiger partial charge in [0.2, 0.25) is 0 Å². The normalized spacial score (nSPS) is 11.4. The van der Waals surface area contributed by atoms with E-state index in [2.05, 4.69) is 50.4 Å². The predicted octanol–water partition coefficient (Wildman–Crippen LogP) is 4.01. The van der Waals surface area contributed by atoms with Crippen molar-refractivity contribution in [3.63, 3.8) is 0 Å². The number of rotatable bonds is 7. The molecule has 23 heavy (non-hydrogen) atoms. The van der Waals surface area contributed by atoms with Crippen LogP contribution in [0.3, 0.4) is 0 Å². The van der Waals surface area contributed by atoms with E-state index in [1.54, 1.807) is 18.2 Å². The van der Waals surface area contributed by atoms with Gasteiger partial charge in [-0.2, -0.15) is 0 Å². The molecule has 0 radical (unpaired) electrons. The van der Waals surface area contributed by atoms with E-state index < -0.39 is 5.97 Å². The van der Waals surface area contributed by atoms with Gasteiger partial charge in [0.25, 0.3) is 0 Å². The van der Waals surface area contributed by atoms with Gasteiger partial charge in [-0.25, -0.2) is 4.79 Å². The van der Waals surface area contributed by atoms with Crippen LogP contribution in [0.25, 0.3) is 0 Å². The molecule has 0 fully saturated rings.